The van der Waals surface area contributed by atoms with Crippen molar-refractivity contribution in [1.29, 1.82) is 0 Å². The molecule has 6 rings (SSSR count). The van der Waals surface area contributed by atoms with Crippen LogP contribution in [0.25, 0.3) is 16.0 Å². The first-order valence-corrected chi connectivity index (χ1v) is 14.0. The van der Waals surface area contributed by atoms with E-state index in [9.17, 15) is 14.7 Å². The van der Waals surface area contributed by atoms with Gasteiger partial charge in [0.1, 0.15) is 23.4 Å². The summed E-state index contributed by atoms with van der Waals surface area (Å²) >= 11 is 1.30. The molecule has 204 valence electrons. The van der Waals surface area contributed by atoms with Crippen LogP contribution in [-0.2, 0) is 21.4 Å². The highest BCUT2D eigenvalue weighted by atomic mass is 32.1. The molecule has 2 aliphatic rings. The Kier molecular flexibility index (Phi) is 6.18. The van der Waals surface area contributed by atoms with Gasteiger partial charge in [-0.3, -0.25) is 14.5 Å². The number of ketones is 1. The molecule has 1 fully saturated rings. The van der Waals surface area contributed by atoms with Crippen LogP contribution >= 0.6 is 11.3 Å². The average molecular weight is 555 g/mol. The molecule has 3 aromatic carbocycles. The van der Waals surface area contributed by atoms with Gasteiger partial charge in [-0.2, -0.15) is 0 Å². The van der Waals surface area contributed by atoms with Gasteiger partial charge in [-0.05, 0) is 65.4 Å². The largest absolute Gasteiger partial charge is 0.507 e. The summed E-state index contributed by atoms with van der Waals surface area (Å²) in [7, 11) is 1.59. The van der Waals surface area contributed by atoms with E-state index < -0.39 is 17.7 Å². The van der Waals surface area contributed by atoms with Crippen molar-refractivity contribution < 1.29 is 24.2 Å². The lowest BCUT2D eigenvalue weighted by Crippen LogP contribution is -2.29. The van der Waals surface area contributed by atoms with Crippen molar-refractivity contribution in [1.82, 2.24) is 4.98 Å². The SMILES string of the molecule is COc1ccc2nc(N3C(=O)C(=O)C(=C(O)c4ccc5c(c4)CC(C)O5)C3c3ccc(C(C)(C)C)cc3)sc2c1. The lowest BCUT2D eigenvalue weighted by atomic mass is 9.85. The number of fused-ring (bicyclic) bond motifs is 2. The maximum Gasteiger partial charge on any atom is 0.301 e. The number of carbonyl (C=O) groups excluding carboxylic acids is 2. The summed E-state index contributed by atoms with van der Waals surface area (Å²) < 4.78 is 12.0. The maximum atomic E-state index is 13.6. The number of aromatic nitrogens is 1. The number of benzene rings is 3. The molecule has 1 amide bonds. The van der Waals surface area contributed by atoms with Gasteiger partial charge in [-0.25, -0.2) is 4.98 Å². The van der Waals surface area contributed by atoms with E-state index in [-0.39, 0.29) is 22.9 Å². The van der Waals surface area contributed by atoms with E-state index in [2.05, 4.69) is 20.8 Å². The summed E-state index contributed by atoms with van der Waals surface area (Å²) in [5.41, 5.74) is 3.92. The molecule has 0 aliphatic carbocycles. The number of anilines is 1. The minimum atomic E-state index is -0.847. The smallest absolute Gasteiger partial charge is 0.301 e. The molecular weight excluding hydrogens is 524 g/mol. The number of aliphatic hydroxyl groups excluding tert-OH is 1. The Hall–Kier alpha value is -4.17. The molecule has 1 saturated heterocycles. The van der Waals surface area contributed by atoms with Crippen LogP contribution in [0.2, 0.25) is 0 Å². The third-order valence-electron chi connectivity index (χ3n) is 7.50. The van der Waals surface area contributed by atoms with Gasteiger partial charge in [0.25, 0.3) is 5.78 Å². The van der Waals surface area contributed by atoms with Gasteiger partial charge in [0, 0.05) is 12.0 Å². The number of aliphatic hydroxyl groups is 1. The first-order chi connectivity index (χ1) is 19.0. The van der Waals surface area contributed by atoms with Crippen molar-refractivity contribution >= 4 is 44.1 Å². The fourth-order valence-corrected chi connectivity index (χ4v) is 6.38. The number of rotatable bonds is 4. The Morgan fingerprint density at radius 2 is 1.82 bits per heavy atom. The van der Waals surface area contributed by atoms with Gasteiger partial charge in [0.15, 0.2) is 5.13 Å². The summed E-state index contributed by atoms with van der Waals surface area (Å²) in [5, 5.41) is 12.0. The number of methoxy groups -OCH3 is 1. The number of carbonyl (C=O) groups is 2. The molecule has 7 nitrogen and oxygen atoms in total. The van der Waals surface area contributed by atoms with Crippen LogP contribution < -0.4 is 14.4 Å². The van der Waals surface area contributed by atoms with E-state index in [4.69, 9.17) is 14.5 Å². The third-order valence-corrected chi connectivity index (χ3v) is 8.51. The molecule has 2 atom stereocenters. The molecule has 3 heterocycles. The lowest BCUT2D eigenvalue weighted by molar-refractivity contribution is -0.132. The summed E-state index contributed by atoms with van der Waals surface area (Å²) in [4.78, 5) is 33.4. The van der Waals surface area contributed by atoms with Gasteiger partial charge in [-0.15, -0.1) is 0 Å². The normalized spacial score (nSPS) is 20.2. The van der Waals surface area contributed by atoms with Crippen molar-refractivity contribution in [3.05, 3.63) is 88.5 Å². The van der Waals surface area contributed by atoms with Gasteiger partial charge in [0.05, 0.1) is 28.9 Å². The monoisotopic (exact) mass is 554 g/mol. The average Bonchev–Trinajstić information content (AvgIpc) is 3.59. The standard InChI is InChI=1S/C32H30N2O5S/c1-17-14-20-15-19(8-13-24(20)39-17)28(35)26-27(18-6-9-21(10-7-18)32(2,3)4)34(30(37)29(26)36)31-33-23-12-11-22(38-5)16-25(23)40-31/h6-13,15-17,27,35H,14H2,1-5H3. The maximum absolute atomic E-state index is 13.6. The molecule has 1 N–H and O–H groups in total. The summed E-state index contributed by atoms with van der Waals surface area (Å²) in [6.45, 7) is 8.37. The van der Waals surface area contributed by atoms with Crippen molar-refractivity contribution in [2.75, 3.05) is 12.0 Å². The molecule has 2 aliphatic heterocycles. The zero-order valence-electron chi connectivity index (χ0n) is 23.0. The van der Waals surface area contributed by atoms with Gasteiger partial charge < -0.3 is 14.6 Å². The molecule has 8 heteroatoms. The number of ether oxygens (including phenoxy) is 2. The van der Waals surface area contributed by atoms with Gasteiger partial charge in [0.2, 0.25) is 0 Å². The lowest BCUT2D eigenvalue weighted by Gasteiger charge is -2.24. The van der Waals surface area contributed by atoms with E-state index in [1.807, 2.05) is 49.4 Å². The fraction of sp³-hybridized carbons (Fsp3) is 0.281. The molecular formula is C32H30N2O5S. The Labute approximate surface area is 236 Å². The summed E-state index contributed by atoms with van der Waals surface area (Å²) in [6.07, 6.45) is 0.745. The van der Waals surface area contributed by atoms with Crippen LogP contribution in [-0.4, -0.2) is 35.0 Å². The van der Waals surface area contributed by atoms with E-state index in [1.54, 1.807) is 25.3 Å². The molecule has 4 aromatic rings. The van der Waals surface area contributed by atoms with Gasteiger partial charge >= 0.3 is 5.91 Å². The molecule has 0 bridgehead atoms. The highest BCUT2D eigenvalue weighted by Crippen LogP contribution is 2.45. The molecule has 0 saturated carbocycles. The van der Waals surface area contributed by atoms with E-state index in [0.29, 0.717) is 33.9 Å². The highest BCUT2D eigenvalue weighted by molar-refractivity contribution is 7.22. The van der Waals surface area contributed by atoms with Gasteiger partial charge in [-0.1, -0.05) is 56.4 Å². The van der Waals surface area contributed by atoms with Crippen LogP contribution in [0.4, 0.5) is 5.13 Å². The van der Waals surface area contributed by atoms with Crippen LogP contribution in [0.3, 0.4) is 0 Å². The molecule has 0 radical (unpaired) electrons. The topological polar surface area (TPSA) is 89.0 Å². The quantitative estimate of drug-likeness (QED) is 0.175. The Morgan fingerprint density at radius 1 is 1.07 bits per heavy atom. The first kappa shape index (κ1) is 26.1. The summed E-state index contributed by atoms with van der Waals surface area (Å²) in [6, 6.07) is 17.9. The Bertz CT molecular complexity index is 1700. The van der Waals surface area contributed by atoms with Crippen LogP contribution in [0.15, 0.2) is 66.2 Å². The van der Waals surface area contributed by atoms with E-state index >= 15 is 0 Å². The second-order valence-electron chi connectivity index (χ2n) is 11.3. The zero-order chi connectivity index (χ0) is 28.3. The van der Waals surface area contributed by atoms with E-state index in [1.165, 1.54) is 16.2 Å². The second kappa shape index (κ2) is 9.48. The molecule has 0 spiro atoms. The van der Waals surface area contributed by atoms with Crippen molar-refractivity contribution in [3.63, 3.8) is 0 Å². The number of thiazole rings is 1. The number of nitrogens with zero attached hydrogens (tertiary/aromatic N) is 2. The van der Waals surface area contributed by atoms with Crippen LogP contribution in [0, 0.1) is 0 Å². The predicted octanol–water partition coefficient (Wildman–Crippen LogP) is 6.55. The first-order valence-electron chi connectivity index (χ1n) is 13.2. The molecule has 1 aromatic heterocycles. The van der Waals surface area contributed by atoms with Crippen molar-refractivity contribution in [2.45, 2.75) is 51.7 Å². The predicted molar refractivity (Wildman–Crippen MR) is 156 cm³/mol. The Balaban J connectivity index is 1.52. The molecule has 2 unspecified atom stereocenters. The number of hydrogen-bond donors (Lipinski definition) is 1. The minimum Gasteiger partial charge on any atom is -0.507 e. The number of amides is 1. The fourth-order valence-electron chi connectivity index (χ4n) is 5.36. The zero-order valence-corrected chi connectivity index (χ0v) is 23.8. The highest BCUT2D eigenvalue weighted by Gasteiger charge is 2.48. The molecule has 40 heavy (non-hydrogen) atoms. The van der Waals surface area contributed by atoms with E-state index in [0.717, 1.165) is 21.6 Å². The Morgan fingerprint density at radius 3 is 2.52 bits per heavy atom. The number of hydrogen-bond acceptors (Lipinski definition) is 7. The van der Waals surface area contributed by atoms with Crippen molar-refractivity contribution in [2.24, 2.45) is 0 Å². The van der Waals surface area contributed by atoms with Crippen molar-refractivity contribution in [3.8, 4) is 11.5 Å². The summed E-state index contributed by atoms with van der Waals surface area (Å²) in [5.74, 6) is -0.242. The second-order valence-corrected chi connectivity index (χ2v) is 12.3. The van der Waals surface area contributed by atoms with Crippen LogP contribution in [0.5, 0.6) is 11.5 Å². The third kappa shape index (κ3) is 4.32. The number of Topliss-reactive ketones (excluding diaryl/α,β-unsaturated/α-hetero) is 1. The minimum absolute atomic E-state index is 0.0389. The van der Waals surface area contributed by atoms with Crippen LogP contribution in [0.1, 0.15) is 56.0 Å².